The highest BCUT2D eigenvalue weighted by molar-refractivity contribution is 7.90. The Morgan fingerprint density at radius 2 is 1.81 bits per heavy atom. The van der Waals surface area contributed by atoms with Gasteiger partial charge in [0.25, 0.3) is 10.0 Å². The number of aliphatic imine (C=N–C) groups is 1. The predicted octanol–water partition coefficient (Wildman–Crippen LogP) is 0.781. The van der Waals surface area contributed by atoms with Crippen molar-refractivity contribution in [1.82, 2.24) is 15.4 Å². The summed E-state index contributed by atoms with van der Waals surface area (Å²) in [6, 6.07) is 4.96. The van der Waals surface area contributed by atoms with Gasteiger partial charge in [0, 0.05) is 12.1 Å². The van der Waals surface area contributed by atoms with Gasteiger partial charge in [-0.1, -0.05) is 32.4 Å². The molecule has 0 bridgehead atoms. The van der Waals surface area contributed by atoms with Gasteiger partial charge in [0.05, 0.1) is 4.90 Å². The van der Waals surface area contributed by atoms with Gasteiger partial charge in [-0.15, -0.1) is 0 Å². The van der Waals surface area contributed by atoms with Crippen LogP contribution in [-0.4, -0.2) is 44.7 Å². The van der Waals surface area contributed by atoms with Crippen LogP contribution < -0.4 is 15.4 Å². The van der Waals surface area contributed by atoms with Crippen LogP contribution >= 0.6 is 0 Å². The molecule has 3 unspecified atom stereocenters. The van der Waals surface area contributed by atoms with E-state index in [2.05, 4.69) is 20.3 Å². The number of sulfonamides is 1. The zero-order chi connectivity index (χ0) is 20.2. The maximum absolute atomic E-state index is 12.7. The van der Waals surface area contributed by atoms with Gasteiger partial charge in [-0.05, 0) is 31.9 Å². The topological polar surface area (TPSA) is 117 Å². The van der Waals surface area contributed by atoms with Crippen LogP contribution in [0.15, 0.2) is 34.2 Å². The number of benzene rings is 1. The van der Waals surface area contributed by atoms with E-state index in [1.165, 1.54) is 6.07 Å². The van der Waals surface area contributed by atoms with Crippen molar-refractivity contribution in [3.8, 4) is 0 Å². The van der Waals surface area contributed by atoms with Crippen LogP contribution in [0.3, 0.4) is 0 Å². The standard InChI is InChI=1S/C18H26N4O4S/c1-5-11(3)15(18(24)20-12(4)17(23)19-6-2)21-16-13-9-7-8-10-14(13)27(25,26)22-16/h7-12,15H,5-6H2,1-4H3,(H,19,23)(H,20,24)(H,21,22). The van der Waals surface area contributed by atoms with Gasteiger partial charge in [-0.2, -0.15) is 0 Å². The zero-order valence-electron chi connectivity index (χ0n) is 15.9. The van der Waals surface area contributed by atoms with Crippen molar-refractivity contribution in [1.29, 1.82) is 0 Å². The molecule has 0 fully saturated rings. The summed E-state index contributed by atoms with van der Waals surface area (Å²) in [5.74, 6) is -0.694. The normalized spacial score (nSPS) is 19.5. The Kier molecular flexibility index (Phi) is 6.59. The molecule has 0 saturated heterocycles. The Balaban J connectivity index is 2.32. The van der Waals surface area contributed by atoms with Crippen LogP contribution in [0.4, 0.5) is 0 Å². The number of amidine groups is 1. The molecule has 0 saturated carbocycles. The van der Waals surface area contributed by atoms with E-state index in [1.807, 2.05) is 13.8 Å². The lowest BCUT2D eigenvalue weighted by Gasteiger charge is -2.21. The number of hydrogen-bond donors (Lipinski definition) is 3. The Bertz CT molecular complexity index is 851. The number of hydrogen-bond acceptors (Lipinski definition) is 5. The second kappa shape index (κ2) is 8.51. The van der Waals surface area contributed by atoms with Gasteiger partial charge < -0.3 is 10.6 Å². The second-order valence-electron chi connectivity index (χ2n) is 6.53. The van der Waals surface area contributed by atoms with Gasteiger partial charge in [-0.25, -0.2) is 8.42 Å². The molecule has 1 aliphatic rings. The fourth-order valence-corrected chi connectivity index (χ4v) is 3.97. The molecule has 0 spiro atoms. The van der Waals surface area contributed by atoms with Crippen molar-refractivity contribution in [3.05, 3.63) is 29.8 Å². The third-order valence-electron chi connectivity index (χ3n) is 4.49. The lowest BCUT2D eigenvalue weighted by Crippen LogP contribution is -2.49. The summed E-state index contributed by atoms with van der Waals surface area (Å²) < 4.78 is 26.9. The Hall–Kier alpha value is -2.42. The molecule has 2 rings (SSSR count). The highest BCUT2D eigenvalue weighted by atomic mass is 32.2. The van der Waals surface area contributed by atoms with Crippen LogP contribution in [0.1, 0.15) is 39.7 Å². The first kappa shape index (κ1) is 20.9. The molecule has 8 nitrogen and oxygen atoms in total. The molecule has 1 aromatic rings. The van der Waals surface area contributed by atoms with Crippen LogP contribution in [-0.2, 0) is 19.6 Å². The fraction of sp³-hybridized carbons (Fsp3) is 0.500. The number of carbonyl (C=O) groups is 2. The summed E-state index contributed by atoms with van der Waals surface area (Å²) in [7, 11) is -3.68. The van der Waals surface area contributed by atoms with Crippen LogP contribution in [0.5, 0.6) is 0 Å². The lowest BCUT2D eigenvalue weighted by atomic mass is 9.98. The zero-order valence-corrected chi connectivity index (χ0v) is 16.8. The molecule has 2 amide bonds. The molecule has 0 radical (unpaired) electrons. The molecule has 0 aromatic heterocycles. The molecular formula is C18H26N4O4S. The van der Waals surface area contributed by atoms with E-state index in [0.29, 0.717) is 18.5 Å². The van der Waals surface area contributed by atoms with E-state index >= 15 is 0 Å². The summed E-state index contributed by atoms with van der Waals surface area (Å²) in [5.41, 5.74) is 0.440. The third kappa shape index (κ3) is 4.65. The maximum Gasteiger partial charge on any atom is 0.263 e. The maximum atomic E-state index is 12.7. The number of rotatable bonds is 7. The molecule has 9 heteroatoms. The van der Waals surface area contributed by atoms with Gasteiger partial charge in [0.1, 0.15) is 17.9 Å². The van der Waals surface area contributed by atoms with E-state index < -0.39 is 28.0 Å². The number of likely N-dealkylation sites (N-methyl/N-ethyl adjacent to an activating group) is 1. The molecular weight excluding hydrogens is 368 g/mol. The van der Waals surface area contributed by atoms with Crippen molar-refractivity contribution in [2.45, 2.75) is 51.1 Å². The molecule has 0 aliphatic carbocycles. The summed E-state index contributed by atoms with van der Waals surface area (Å²) in [6.07, 6.45) is 0.665. The minimum Gasteiger partial charge on any atom is -0.355 e. The number of nitrogens with one attached hydrogen (secondary N) is 3. The SMILES string of the molecule is CCNC(=O)C(C)NC(=O)C(N=C1NS(=O)(=O)c2ccccc21)C(C)CC. The average Bonchev–Trinajstić information content (AvgIpc) is 2.89. The number of nitrogens with zero attached hydrogens (tertiary/aromatic N) is 1. The molecule has 3 N–H and O–H groups in total. The van der Waals surface area contributed by atoms with E-state index in [1.54, 1.807) is 32.0 Å². The fourth-order valence-electron chi connectivity index (χ4n) is 2.73. The van der Waals surface area contributed by atoms with Gasteiger partial charge in [-0.3, -0.25) is 19.3 Å². The van der Waals surface area contributed by atoms with Crippen LogP contribution in [0.25, 0.3) is 0 Å². The highest BCUT2D eigenvalue weighted by Crippen LogP contribution is 2.24. The lowest BCUT2D eigenvalue weighted by molar-refractivity contribution is -0.129. The highest BCUT2D eigenvalue weighted by Gasteiger charge is 2.33. The molecule has 148 valence electrons. The third-order valence-corrected chi connectivity index (χ3v) is 5.88. The summed E-state index contributed by atoms with van der Waals surface area (Å²) in [6.45, 7) is 7.64. The van der Waals surface area contributed by atoms with Crippen LogP contribution in [0.2, 0.25) is 0 Å². The first-order valence-corrected chi connectivity index (χ1v) is 10.5. The van der Waals surface area contributed by atoms with Crippen molar-refractivity contribution < 1.29 is 18.0 Å². The smallest absolute Gasteiger partial charge is 0.263 e. The van der Waals surface area contributed by atoms with Crippen molar-refractivity contribution in [2.75, 3.05) is 6.54 Å². The number of amides is 2. The van der Waals surface area contributed by atoms with Crippen molar-refractivity contribution in [3.63, 3.8) is 0 Å². The Morgan fingerprint density at radius 3 is 2.44 bits per heavy atom. The minimum atomic E-state index is -3.68. The first-order valence-electron chi connectivity index (χ1n) is 8.99. The second-order valence-corrected chi connectivity index (χ2v) is 8.19. The summed E-state index contributed by atoms with van der Waals surface area (Å²) in [5, 5.41) is 5.31. The van der Waals surface area contributed by atoms with Crippen LogP contribution in [0, 0.1) is 5.92 Å². The summed E-state index contributed by atoms with van der Waals surface area (Å²) >= 11 is 0. The van der Waals surface area contributed by atoms with E-state index in [0.717, 1.165) is 0 Å². The molecule has 1 aliphatic heterocycles. The summed E-state index contributed by atoms with van der Waals surface area (Å²) in [4.78, 5) is 29.2. The minimum absolute atomic E-state index is 0.141. The first-order chi connectivity index (χ1) is 12.7. The average molecular weight is 394 g/mol. The van der Waals surface area contributed by atoms with Crippen molar-refractivity contribution >= 4 is 27.7 Å². The van der Waals surface area contributed by atoms with Crippen molar-refractivity contribution in [2.24, 2.45) is 10.9 Å². The van der Waals surface area contributed by atoms with Gasteiger partial charge in [0.2, 0.25) is 11.8 Å². The van der Waals surface area contributed by atoms with E-state index in [-0.39, 0.29) is 22.6 Å². The Morgan fingerprint density at radius 1 is 1.15 bits per heavy atom. The molecule has 1 aromatic carbocycles. The molecule has 3 atom stereocenters. The van der Waals surface area contributed by atoms with Gasteiger partial charge >= 0.3 is 0 Å². The quantitative estimate of drug-likeness (QED) is 0.633. The Labute approximate surface area is 159 Å². The van der Waals surface area contributed by atoms with E-state index in [4.69, 9.17) is 0 Å². The number of fused-ring (bicyclic) bond motifs is 1. The van der Waals surface area contributed by atoms with Gasteiger partial charge in [0.15, 0.2) is 0 Å². The molecule has 27 heavy (non-hydrogen) atoms. The molecule has 1 heterocycles. The number of carbonyl (C=O) groups excluding carboxylic acids is 2. The van der Waals surface area contributed by atoms with E-state index in [9.17, 15) is 18.0 Å². The largest absolute Gasteiger partial charge is 0.355 e. The monoisotopic (exact) mass is 394 g/mol. The predicted molar refractivity (Wildman–Crippen MR) is 103 cm³/mol.